The Morgan fingerprint density at radius 1 is 0.682 bits per heavy atom. The predicted octanol–water partition coefficient (Wildman–Crippen LogP) is 10.4. The van der Waals surface area contributed by atoms with E-state index in [-0.39, 0.29) is 25.6 Å². The van der Waals surface area contributed by atoms with E-state index >= 15 is 0 Å². The van der Waals surface area contributed by atoms with Crippen molar-refractivity contribution in [1.29, 1.82) is 0 Å². The van der Waals surface area contributed by atoms with Gasteiger partial charge in [-0.25, -0.2) is 0 Å². The number of carbonyl (C=O) groups is 2. The van der Waals surface area contributed by atoms with E-state index in [1.54, 1.807) is 24.3 Å². The molecule has 2 aromatic rings. The highest BCUT2D eigenvalue weighted by atomic mass is 35.5. The van der Waals surface area contributed by atoms with Gasteiger partial charge in [-0.2, -0.15) is 0 Å². The molecule has 8 heteroatoms. The Kier molecular flexibility index (Phi) is 20.7. The zero-order valence-corrected chi connectivity index (χ0v) is 28.1. The average Bonchev–Trinajstić information content (AvgIpc) is 3.01. The summed E-state index contributed by atoms with van der Waals surface area (Å²) >= 11 is 12.5. The minimum Gasteiger partial charge on any atom is -0.463 e. The van der Waals surface area contributed by atoms with E-state index in [1.165, 1.54) is 83.5 Å². The number of hydrogen-bond donors (Lipinski definition) is 2. The zero-order chi connectivity index (χ0) is 31.8. The van der Waals surface area contributed by atoms with Gasteiger partial charge in [0, 0.05) is 12.1 Å². The fraction of sp³-hybridized carbons (Fsp3) is 0.611. The highest BCUT2D eigenvalue weighted by molar-refractivity contribution is 6.39. The van der Waals surface area contributed by atoms with Crippen molar-refractivity contribution < 1.29 is 24.2 Å². The van der Waals surface area contributed by atoms with Gasteiger partial charge in [0.1, 0.15) is 19.3 Å². The van der Waals surface area contributed by atoms with E-state index in [0.29, 0.717) is 33.4 Å². The van der Waals surface area contributed by atoms with Crippen LogP contribution in [0.3, 0.4) is 0 Å². The topological polar surface area (TPSA) is 84.9 Å². The van der Waals surface area contributed by atoms with Crippen molar-refractivity contribution in [2.24, 2.45) is 0 Å². The normalized spacial score (nSPS) is 11.7. The zero-order valence-electron chi connectivity index (χ0n) is 26.6. The molecule has 0 spiro atoms. The van der Waals surface area contributed by atoms with Crippen LogP contribution in [0.4, 0.5) is 11.4 Å². The van der Waals surface area contributed by atoms with E-state index in [4.69, 9.17) is 32.7 Å². The van der Waals surface area contributed by atoms with Crippen molar-refractivity contribution in [3.63, 3.8) is 0 Å². The lowest BCUT2D eigenvalue weighted by Crippen LogP contribution is -2.26. The second-order valence-electron chi connectivity index (χ2n) is 11.6. The van der Waals surface area contributed by atoms with Gasteiger partial charge in [-0.15, -0.1) is 0 Å². The van der Waals surface area contributed by atoms with Crippen LogP contribution in [0, 0.1) is 0 Å². The Balaban J connectivity index is 1.48. The van der Waals surface area contributed by atoms with Gasteiger partial charge < -0.3 is 19.9 Å². The van der Waals surface area contributed by atoms with Gasteiger partial charge >= 0.3 is 11.9 Å². The number of anilines is 2. The SMILES string of the molecule is CCCCCCCCCCCCCCCCCCC(=O)OCC(O)COC(=O)Cc1ccccc1Nc1c(Cl)cccc1Cl. The molecule has 0 heterocycles. The van der Waals surface area contributed by atoms with Crippen LogP contribution in [-0.2, 0) is 25.5 Å². The molecule has 0 amide bonds. The molecule has 0 bridgehead atoms. The Morgan fingerprint density at radius 2 is 1.16 bits per heavy atom. The second-order valence-corrected chi connectivity index (χ2v) is 12.4. The largest absolute Gasteiger partial charge is 0.463 e. The lowest BCUT2D eigenvalue weighted by molar-refractivity contribution is -0.152. The quantitative estimate of drug-likeness (QED) is 0.0822. The van der Waals surface area contributed by atoms with Crippen LogP contribution in [0.5, 0.6) is 0 Å². The first-order valence-electron chi connectivity index (χ1n) is 16.7. The minimum absolute atomic E-state index is 0.0169. The third kappa shape index (κ3) is 17.3. The molecule has 1 atom stereocenters. The lowest BCUT2D eigenvalue weighted by atomic mass is 10.0. The van der Waals surface area contributed by atoms with Crippen molar-refractivity contribution in [3.8, 4) is 0 Å². The van der Waals surface area contributed by atoms with Gasteiger partial charge in [0.15, 0.2) is 0 Å². The van der Waals surface area contributed by atoms with Crippen molar-refractivity contribution >= 4 is 46.5 Å². The fourth-order valence-corrected chi connectivity index (χ4v) is 5.56. The number of esters is 2. The third-order valence-corrected chi connectivity index (χ3v) is 8.31. The third-order valence-electron chi connectivity index (χ3n) is 7.68. The molecule has 0 fully saturated rings. The summed E-state index contributed by atoms with van der Waals surface area (Å²) in [5.74, 6) is -0.845. The summed E-state index contributed by atoms with van der Waals surface area (Å²) in [6.07, 6.45) is 19.7. The van der Waals surface area contributed by atoms with Gasteiger partial charge in [-0.1, -0.05) is 151 Å². The molecule has 6 nitrogen and oxygen atoms in total. The van der Waals surface area contributed by atoms with Gasteiger partial charge in [0.25, 0.3) is 0 Å². The number of halogens is 2. The van der Waals surface area contributed by atoms with Crippen LogP contribution in [0.2, 0.25) is 10.0 Å². The number of nitrogens with one attached hydrogen (secondary N) is 1. The van der Waals surface area contributed by atoms with E-state index in [2.05, 4.69) is 12.2 Å². The Hall–Kier alpha value is -2.28. The molecular weight excluding hydrogens is 597 g/mol. The minimum atomic E-state index is -1.08. The lowest BCUT2D eigenvalue weighted by Gasteiger charge is -2.15. The molecule has 0 saturated heterocycles. The smallest absolute Gasteiger partial charge is 0.310 e. The first-order valence-corrected chi connectivity index (χ1v) is 17.4. The molecule has 2 rings (SSSR count). The van der Waals surface area contributed by atoms with Crippen LogP contribution >= 0.6 is 23.2 Å². The number of hydrogen-bond acceptors (Lipinski definition) is 6. The molecule has 0 aliphatic carbocycles. The molecule has 0 radical (unpaired) electrons. The molecule has 2 aromatic carbocycles. The Morgan fingerprint density at radius 3 is 1.70 bits per heavy atom. The molecule has 44 heavy (non-hydrogen) atoms. The Labute approximate surface area is 275 Å². The summed E-state index contributed by atoms with van der Waals surface area (Å²) < 4.78 is 10.4. The Bertz CT molecular complexity index is 1060. The van der Waals surface area contributed by atoms with Gasteiger partial charge in [0.05, 0.1) is 22.2 Å². The average molecular weight is 651 g/mol. The monoisotopic (exact) mass is 649 g/mol. The highest BCUT2D eigenvalue weighted by Crippen LogP contribution is 2.33. The van der Waals surface area contributed by atoms with Crippen molar-refractivity contribution in [2.75, 3.05) is 18.5 Å². The van der Waals surface area contributed by atoms with Crippen LogP contribution < -0.4 is 5.32 Å². The number of unbranched alkanes of at least 4 members (excludes halogenated alkanes) is 15. The summed E-state index contributed by atoms with van der Waals surface area (Å²) in [6, 6.07) is 12.5. The molecule has 0 aromatic heterocycles. The van der Waals surface area contributed by atoms with Crippen LogP contribution in [0.25, 0.3) is 0 Å². The molecular formula is C36H53Cl2NO5. The first kappa shape index (κ1) is 37.9. The fourth-order valence-electron chi connectivity index (χ4n) is 5.07. The standard InChI is InChI=1S/C36H53Cl2NO5/c1-2-3-4-5-6-7-8-9-10-11-12-13-14-15-16-17-25-34(41)43-27-30(40)28-44-35(42)26-29-21-18-19-24-33(29)39-36-31(37)22-20-23-32(36)38/h18-24,30,39-40H,2-17,25-28H2,1H3. The van der Waals surface area contributed by atoms with E-state index in [0.717, 1.165) is 19.3 Å². The summed E-state index contributed by atoms with van der Waals surface area (Å²) in [6.45, 7) is 1.81. The molecule has 0 aliphatic heterocycles. The maximum Gasteiger partial charge on any atom is 0.310 e. The molecule has 2 N–H and O–H groups in total. The van der Waals surface area contributed by atoms with Gasteiger partial charge in [-0.05, 0) is 30.2 Å². The van der Waals surface area contributed by atoms with Crippen LogP contribution in [-0.4, -0.2) is 36.4 Å². The number of para-hydroxylation sites is 2. The number of rotatable bonds is 25. The summed E-state index contributed by atoms with van der Waals surface area (Å²) in [7, 11) is 0. The van der Waals surface area contributed by atoms with E-state index in [1.807, 2.05) is 18.2 Å². The number of aliphatic hydroxyl groups is 1. The maximum absolute atomic E-state index is 12.4. The number of carbonyl (C=O) groups excluding carboxylic acids is 2. The maximum atomic E-state index is 12.4. The predicted molar refractivity (Wildman–Crippen MR) is 182 cm³/mol. The molecule has 246 valence electrons. The van der Waals surface area contributed by atoms with E-state index < -0.39 is 12.1 Å². The highest BCUT2D eigenvalue weighted by Gasteiger charge is 2.15. The van der Waals surface area contributed by atoms with Crippen molar-refractivity contribution in [1.82, 2.24) is 0 Å². The molecule has 0 saturated carbocycles. The number of aliphatic hydroxyl groups excluding tert-OH is 1. The summed E-state index contributed by atoms with van der Waals surface area (Å²) in [5, 5.41) is 14.2. The number of ether oxygens (including phenoxy) is 2. The first-order chi connectivity index (χ1) is 21.4. The van der Waals surface area contributed by atoms with Crippen LogP contribution in [0.1, 0.15) is 122 Å². The second kappa shape index (κ2) is 24.0. The summed E-state index contributed by atoms with van der Waals surface area (Å²) in [5.41, 5.74) is 1.91. The van der Waals surface area contributed by atoms with Crippen LogP contribution in [0.15, 0.2) is 42.5 Å². The van der Waals surface area contributed by atoms with Crippen molar-refractivity contribution in [2.45, 2.75) is 129 Å². The summed E-state index contributed by atoms with van der Waals surface area (Å²) in [4.78, 5) is 24.5. The van der Waals surface area contributed by atoms with E-state index in [9.17, 15) is 14.7 Å². The molecule has 0 aliphatic rings. The van der Waals surface area contributed by atoms with Crippen molar-refractivity contribution in [3.05, 3.63) is 58.1 Å². The number of benzene rings is 2. The van der Waals surface area contributed by atoms with Gasteiger partial charge in [-0.3, -0.25) is 9.59 Å². The van der Waals surface area contributed by atoms with Gasteiger partial charge in [0.2, 0.25) is 0 Å². The molecule has 1 unspecified atom stereocenters.